The molecule has 5 heteroatoms. The molecule has 0 aliphatic carbocycles. The first-order valence-electron chi connectivity index (χ1n) is 8.01. The zero-order chi connectivity index (χ0) is 16.0. The summed E-state index contributed by atoms with van der Waals surface area (Å²) in [4.78, 5) is 26.7. The Morgan fingerprint density at radius 2 is 0.905 bits per heavy atom. The molecule has 5 nitrogen and oxygen atoms in total. The van der Waals surface area contributed by atoms with Gasteiger partial charge in [-0.05, 0) is 19.8 Å². The average molecular weight is 298 g/mol. The van der Waals surface area contributed by atoms with Crippen LogP contribution in [0.3, 0.4) is 0 Å². The first-order chi connectivity index (χ1) is 10.3. The number of carbonyl (C=O) groups excluding carboxylic acids is 2. The van der Waals surface area contributed by atoms with Crippen molar-refractivity contribution in [2.75, 3.05) is 19.7 Å². The minimum Gasteiger partial charge on any atom is -0.397 e. The SMILES string of the molecule is CCO.O=C=NCCCCCCCCCCCCN=C=O. The first-order valence-corrected chi connectivity index (χ1v) is 8.01. The molecule has 0 aromatic carbocycles. The molecule has 0 bridgehead atoms. The van der Waals surface area contributed by atoms with E-state index in [4.69, 9.17) is 5.11 Å². The van der Waals surface area contributed by atoms with Crippen LogP contribution in [0.5, 0.6) is 0 Å². The van der Waals surface area contributed by atoms with Crippen LogP contribution in [0.15, 0.2) is 9.98 Å². The summed E-state index contributed by atoms with van der Waals surface area (Å²) in [5, 5.41) is 7.57. The van der Waals surface area contributed by atoms with Gasteiger partial charge in [0, 0.05) is 6.61 Å². The van der Waals surface area contributed by atoms with Crippen molar-refractivity contribution in [3.05, 3.63) is 0 Å². The zero-order valence-electron chi connectivity index (χ0n) is 13.4. The van der Waals surface area contributed by atoms with Crippen LogP contribution in [0, 0.1) is 0 Å². The van der Waals surface area contributed by atoms with E-state index in [1.165, 1.54) is 38.5 Å². The van der Waals surface area contributed by atoms with Gasteiger partial charge < -0.3 is 5.11 Å². The number of aliphatic imine (C=N–C) groups is 2. The molecule has 0 unspecified atom stereocenters. The fourth-order valence-electron chi connectivity index (χ4n) is 1.89. The summed E-state index contributed by atoms with van der Waals surface area (Å²) < 4.78 is 0. The van der Waals surface area contributed by atoms with Gasteiger partial charge in [-0.2, -0.15) is 0 Å². The summed E-state index contributed by atoms with van der Waals surface area (Å²) >= 11 is 0. The fourth-order valence-corrected chi connectivity index (χ4v) is 1.89. The van der Waals surface area contributed by atoms with Gasteiger partial charge in [0.05, 0.1) is 13.1 Å². The Labute approximate surface area is 128 Å². The van der Waals surface area contributed by atoms with Crippen LogP contribution < -0.4 is 0 Å². The Morgan fingerprint density at radius 3 is 1.14 bits per heavy atom. The fraction of sp³-hybridized carbons (Fsp3) is 0.875. The lowest BCUT2D eigenvalue weighted by atomic mass is 10.1. The molecule has 0 aromatic rings. The van der Waals surface area contributed by atoms with E-state index in [0.29, 0.717) is 13.1 Å². The van der Waals surface area contributed by atoms with E-state index in [0.717, 1.165) is 25.7 Å². The number of hydrogen-bond donors (Lipinski definition) is 1. The van der Waals surface area contributed by atoms with Crippen molar-refractivity contribution in [3.63, 3.8) is 0 Å². The third-order valence-corrected chi connectivity index (χ3v) is 2.92. The van der Waals surface area contributed by atoms with Crippen molar-refractivity contribution in [2.45, 2.75) is 71.1 Å². The number of aliphatic hydroxyl groups is 1. The van der Waals surface area contributed by atoms with Gasteiger partial charge in [-0.3, -0.25) is 0 Å². The van der Waals surface area contributed by atoms with Gasteiger partial charge in [0.25, 0.3) is 0 Å². The highest BCUT2D eigenvalue weighted by molar-refractivity contribution is 5.32. The highest BCUT2D eigenvalue weighted by atomic mass is 16.2. The first kappa shape index (κ1) is 22.0. The van der Waals surface area contributed by atoms with E-state index >= 15 is 0 Å². The van der Waals surface area contributed by atoms with E-state index in [9.17, 15) is 9.59 Å². The molecule has 0 saturated carbocycles. The summed E-state index contributed by atoms with van der Waals surface area (Å²) in [5.74, 6) is 0. The molecular weight excluding hydrogens is 268 g/mol. The minimum atomic E-state index is 0.250. The van der Waals surface area contributed by atoms with Crippen LogP contribution >= 0.6 is 0 Å². The smallest absolute Gasteiger partial charge is 0.234 e. The Bertz CT molecular complexity index is 255. The van der Waals surface area contributed by atoms with Crippen LogP contribution in [0.4, 0.5) is 0 Å². The maximum atomic E-state index is 9.81. The van der Waals surface area contributed by atoms with Gasteiger partial charge in [-0.1, -0.05) is 51.4 Å². The molecule has 122 valence electrons. The summed E-state index contributed by atoms with van der Waals surface area (Å²) in [7, 11) is 0. The molecule has 0 atom stereocenters. The summed E-state index contributed by atoms with van der Waals surface area (Å²) in [5.41, 5.74) is 0. The van der Waals surface area contributed by atoms with Crippen molar-refractivity contribution in [1.29, 1.82) is 0 Å². The van der Waals surface area contributed by atoms with E-state index in [1.54, 1.807) is 19.1 Å². The lowest BCUT2D eigenvalue weighted by Crippen LogP contribution is -1.85. The minimum absolute atomic E-state index is 0.250. The second kappa shape index (κ2) is 23.8. The topological polar surface area (TPSA) is 79.1 Å². The number of unbranched alkanes of at least 4 members (excludes halogenated alkanes) is 9. The predicted molar refractivity (Wildman–Crippen MR) is 84.9 cm³/mol. The summed E-state index contributed by atoms with van der Waals surface area (Å²) in [6.07, 6.45) is 15.1. The number of hydrogen-bond acceptors (Lipinski definition) is 5. The van der Waals surface area contributed by atoms with Crippen molar-refractivity contribution in [2.24, 2.45) is 9.98 Å². The van der Waals surface area contributed by atoms with Gasteiger partial charge in [0.15, 0.2) is 0 Å². The molecule has 0 saturated heterocycles. The van der Waals surface area contributed by atoms with E-state index in [1.807, 2.05) is 0 Å². The molecule has 0 fully saturated rings. The third-order valence-electron chi connectivity index (χ3n) is 2.92. The molecule has 0 aliphatic heterocycles. The number of aliphatic hydroxyl groups excluding tert-OH is 1. The maximum absolute atomic E-state index is 9.81. The van der Waals surface area contributed by atoms with E-state index < -0.39 is 0 Å². The average Bonchev–Trinajstić information content (AvgIpc) is 2.48. The molecule has 1 N–H and O–H groups in total. The standard InChI is InChI=1S/C14H24N2O2.C2H6O/c17-13-15-11-9-7-5-3-1-2-4-6-8-10-12-16-14-18;1-2-3/h1-12H2;3H,2H2,1H3. The normalized spacial score (nSPS) is 9.05. The Balaban J connectivity index is 0. The molecular formula is C16H30N2O3. The van der Waals surface area contributed by atoms with Crippen LogP contribution in [0.25, 0.3) is 0 Å². The second-order valence-electron chi connectivity index (χ2n) is 4.80. The van der Waals surface area contributed by atoms with Gasteiger partial charge in [-0.25, -0.2) is 19.6 Å². The van der Waals surface area contributed by atoms with Crippen LogP contribution in [-0.4, -0.2) is 37.0 Å². The molecule has 0 aliphatic rings. The Kier molecular flexibility index (Phi) is 24.9. The van der Waals surface area contributed by atoms with E-state index in [2.05, 4.69) is 9.98 Å². The second-order valence-corrected chi connectivity index (χ2v) is 4.80. The number of nitrogens with zero attached hydrogens (tertiary/aromatic N) is 2. The van der Waals surface area contributed by atoms with Crippen molar-refractivity contribution >= 4 is 12.2 Å². The quantitative estimate of drug-likeness (QED) is 0.321. The Morgan fingerprint density at radius 1 is 0.667 bits per heavy atom. The van der Waals surface area contributed by atoms with Crippen LogP contribution in [0.2, 0.25) is 0 Å². The van der Waals surface area contributed by atoms with E-state index in [-0.39, 0.29) is 6.61 Å². The van der Waals surface area contributed by atoms with Crippen molar-refractivity contribution in [1.82, 2.24) is 0 Å². The summed E-state index contributed by atoms with van der Waals surface area (Å²) in [6.45, 7) is 3.19. The Hall–Kier alpha value is -1.28. The maximum Gasteiger partial charge on any atom is 0.234 e. The van der Waals surface area contributed by atoms with Crippen LogP contribution in [-0.2, 0) is 9.59 Å². The monoisotopic (exact) mass is 298 g/mol. The van der Waals surface area contributed by atoms with Crippen LogP contribution in [0.1, 0.15) is 71.1 Å². The zero-order valence-corrected chi connectivity index (χ0v) is 13.4. The highest BCUT2D eigenvalue weighted by Gasteiger charge is 1.92. The number of isocyanates is 2. The summed E-state index contributed by atoms with van der Waals surface area (Å²) in [6, 6.07) is 0. The van der Waals surface area contributed by atoms with Gasteiger partial charge in [-0.15, -0.1) is 0 Å². The molecule has 0 rings (SSSR count). The molecule has 21 heavy (non-hydrogen) atoms. The highest BCUT2D eigenvalue weighted by Crippen LogP contribution is 2.10. The predicted octanol–water partition coefficient (Wildman–Crippen LogP) is 3.56. The lowest BCUT2D eigenvalue weighted by Gasteiger charge is -2.01. The molecule has 0 radical (unpaired) electrons. The third kappa shape index (κ3) is 27.8. The van der Waals surface area contributed by atoms with Crippen molar-refractivity contribution in [3.8, 4) is 0 Å². The molecule has 0 amide bonds. The number of rotatable bonds is 13. The van der Waals surface area contributed by atoms with Gasteiger partial charge in [0.1, 0.15) is 0 Å². The van der Waals surface area contributed by atoms with Gasteiger partial charge >= 0.3 is 0 Å². The van der Waals surface area contributed by atoms with Gasteiger partial charge in [0.2, 0.25) is 12.2 Å². The molecule has 0 spiro atoms. The molecule has 0 aromatic heterocycles. The van der Waals surface area contributed by atoms with Crippen molar-refractivity contribution < 1.29 is 14.7 Å². The molecule has 0 heterocycles. The largest absolute Gasteiger partial charge is 0.397 e. The lowest BCUT2D eigenvalue weighted by molar-refractivity contribution is 0.318.